The van der Waals surface area contributed by atoms with Gasteiger partial charge in [-0.15, -0.1) is 0 Å². The molecule has 0 amide bonds. The average molecular weight is 238 g/mol. The van der Waals surface area contributed by atoms with Gasteiger partial charge in [0, 0.05) is 11.3 Å². The van der Waals surface area contributed by atoms with Crippen LogP contribution < -0.4 is 0 Å². The van der Waals surface area contributed by atoms with E-state index in [1.165, 1.54) is 4.52 Å². The van der Waals surface area contributed by atoms with Gasteiger partial charge in [-0.3, -0.25) is 4.79 Å². The number of hydrogen-bond donors (Lipinski definition) is 3. The summed E-state index contributed by atoms with van der Waals surface area (Å²) in [6.45, 7) is 0. The number of carboxylic acid groups (broad SMARTS) is 1. The van der Waals surface area contributed by atoms with Crippen molar-refractivity contribution in [3.8, 4) is 5.88 Å². The lowest BCUT2D eigenvalue weighted by atomic mass is 10.2. The smallest absolute Gasteiger partial charge is 0.308 e. The van der Waals surface area contributed by atoms with Crippen LogP contribution in [0.4, 0.5) is 0 Å². The van der Waals surface area contributed by atoms with Crippen LogP contribution in [0.2, 0.25) is 0 Å². The summed E-state index contributed by atoms with van der Waals surface area (Å²) >= 11 is 4.08. The van der Waals surface area contributed by atoms with Gasteiger partial charge in [0.25, 0.3) is 0 Å². The summed E-state index contributed by atoms with van der Waals surface area (Å²) in [7, 11) is 0. The van der Waals surface area contributed by atoms with Gasteiger partial charge in [-0.1, -0.05) is 0 Å². The highest BCUT2D eigenvalue weighted by Crippen LogP contribution is 2.22. The Morgan fingerprint density at radius 3 is 2.88 bits per heavy atom. The van der Waals surface area contributed by atoms with Crippen molar-refractivity contribution in [3.63, 3.8) is 0 Å². The van der Waals surface area contributed by atoms with Crippen molar-refractivity contribution < 1.29 is 15.0 Å². The summed E-state index contributed by atoms with van der Waals surface area (Å²) in [6.07, 6.45) is -0.217. The molecule has 0 unspecified atom stereocenters. The molecule has 0 aromatic carbocycles. The number of thiol groups is 1. The van der Waals surface area contributed by atoms with E-state index in [9.17, 15) is 9.90 Å². The Morgan fingerprint density at radius 1 is 1.50 bits per heavy atom. The summed E-state index contributed by atoms with van der Waals surface area (Å²) in [5.74, 6) is -0.649. The molecule has 0 aliphatic heterocycles. The number of aromatic hydroxyl groups is 1. The van der Waals surface area contributed by atoms with Crippen LogP contribution in [0.15, 0.2) is 18.2 Å². The third-order valence-corrected chi connectivity index (χ3v) is 2.56. The normalized spacial score (nSPS) is 10.8. The van der Waals surface area contributed by atoms with Crippen molar-refractivity contribution in [2.24, 2.45) is 0 Å². The summed E-state index contributed by atoms with van der Waals surface area (Å²) in [5.41, 5.74) is 1.74. The lowest BCUT2D eigenvalue weighted by Crippen LogP contribution is -1.99. The standard InChI is InChI=1S/C10H10N2O3S/c13-9(14)4-6-3-8-2-1-7(5-16)11-12(8)10(6)15/h1-3,15-16H,4-5H2,(H,13,14). The first-order valence-electron chi connectivity index (χ1n) is 4.64. The molecule has 0 radical (unpaired) electrons. The Labute approximate surface area is 96.7 Å². The predicted octanol–water partition coefficient (Wildman–Crippen LogP) is 1.10. The SMILES string of the molecule is O=C(O)Cc1cc2ccc(CS)nn2c1O. The van der Waals surface area contributed by atoms with E-state index in [-0.39, 0.29) is 12.3 Å². The zero-order chi connectivity index (χ0) is 11.7. The van der Waals surface area contributed by atoms with Gasteiger partial charge in [-0.2, -0.15) is 17.7 Å². The molecule has 0 spiro atoms. The number of aromatic nitrogens is 2. The van der Waals surface area contributed by atoms with Gasteiger partial charge < -0.3 is 10.2 Å². The molecule has 0 fully saturated rings. The summed E-state index contributed by atoms with van der Waals surface area (Å²) in [4.78, 5) is 10.6. The molecule has 0 aliphatic carbocycles. The van der Waals surface area contributed by atoms with E-state index in [2.05, 4.69) is 17.7 Å². The average Bonchev–Trinajstić information content (AvgIpc) is 2.55. The zero-order valence-corrected chi connectivity index (χ0v) is 9.19. The monoisotopic (exact) mass is 238 g/mol. The first-order chi connectivity index (χ1) is 7.61. The quantitative estimate of drug-likeness (QED) is 0.700. The van der Waals surface area contributed by atoms with Crippen LogP contribution in [0.5, 0.6) is 5.88 Å². The van der Waals surface area contributed by atoms with Crippen molar-refractivity contribution in [2.45, 2.75) is 12.2 Å². The van der Waals surface area contributed by atoms with Crippen LogP contribution in [0.25, 0.3) is 5.52 Å². The molecule has 2 N–H and O–H groups in total. The molecule has 2 aromatic heterocycles. The molecule has 2 rings (SSSR count). The van der Waals surface area contributed by atoms with Crippen LogP contribution in [0, 0.1) is 0 Å². The Hall–Kier alpha value is -1.69. The largest absolute Gasteiger partial charge is 0.493 e. The van der Waals surface area contributed by atoms with E-state index >= 15 is 0 Å². The van der Waals surface area contributed by atoms with Crippen molar-refractivity contribution in [2.75, 3.05) is 0 Å². The van der Waals surface area contributed by atoms with E-state index in [1.807, 2.05) is 0 Å². The van der Waals surface area contributed by atoms with Gasteiger partial charge in [0.2, 0.25) is 5.88 Å². The number of nitrogens with zero attached hydrogens (tertiary/aromatic N) is 2. The van der Waals surface area contributed by atoms with E-state index in [0.29, 0.717) is 22.5 Å². The van der Waals surface area contributed by atoms with Gasteiger partial charge in [0.1, 0.15) is 0 Å². The van der Waals surface area contributed by atoms with E-state index in [0.717, 1.165) is 0 Å². The fraction of sp³-hybridized carbons (Fsp3) is 0.200. The Morgan fingerprint density at radius 2 is 2.25 bits per heavy atom. The minimum Gasteiger partial charge on any atom is -0.493 e. The summed E-state index contributed by atoms with van der Waals surface area (Å²) < 4.78 is 1.32. The topological polar surface area (TPSA) is 74.8 Å². The van der Waals surface area contributed by atoms with E-state index in [1.54, 1.807) is 18.2 Å². The molecule has 84 valence electrons. The van der Waals surface area contributed by atoms with Crippen LogP contribution in [-0.2, 0) is 17.0 Å². The maximum Gasteiger partial charge on any atom is 0.308 e. The van der Waals surface area contributed by atoms with Gasteiger partial charge in [-0.25, -0.2) is 4.52 Å². The minimum absolute atomic E-state index is 0.124. The molecule has 16 heavy (non-hydrogen) atoms. The Kier molecular flexibility index (Phi) is 2.74. The van der Waals surface area contributed by atoms with Gasteiger partial charge in [-0.05, 0) is 18.2 Å². The molecular weight excluding hydrogens is 228 g/mol. The maximum absolute atomic E-state index is 10.6. The van der Waals surface area contributed by atoms with Crippen molar-refractivity contribution in [3.05, 3.63) is 29.5 Å². The highest BCUT2D eigenvalue weighted by Gasteiger charge is 2.13. The maximum atomic E-state index is 10.6. The number of rotatable bonds is 3. The molecule has 6 heteroatoms. The molecule has 0 saturated heterocycles. The molecule has 0 bridgehead atoms. The molecule has 5 nitrogen and oxygen atoms in total. The van der Waals surface area contributed by atoms with Crippen molar-refractivity contribution >= 4 is 24.1 Å². The number of fused-ring (bicyclic) bond motifs is 1. The molecule has 2 heterocycles. The van der Waals surface area contributed by atoms with Crippen molar-refractivity contribution in [1.29, 1.82) is 0 Å². The fourth-order valence-corrected chi connectivity index (χ4v) is 1.68. The number of carboxylic acids is 1. The van der Waals surface area contributed by atoms with Crippen LogP contribution in [0.1, 0.15) is 11.3 Å². The Balaban J connectivity index is 2.54. The second-order valence-electron chi connectivity index (χ2n) is 3.38. The highest BCUT2D eigenvalue weighted by molar-refractivity contribution is 7.79. The minimum atomic E-state index is -0.986. The van der Waals surface area contributed by atoms with Gasteiger partial charge in [0.15, 0.2) is 0 Å². The first kappa shape index (κ1) is 10.8. The summed E-state index contributed by atoms with van der Waals surface area (Å²) in [6, 6.07) is 5.16. The van der Waals surface area contributed by atoms with E-state index in [4.69, 9.17) is 5.11 Å². The van der Waals surface area contributed by atoms with Crippen LogP contribution >= 0.6 is 12.6 Å². The molecule has 2 aromatic rings. The third-order valence-electron chi connectivity index (χ3n) is 2.23. The van der Waals surface area contributed by atoms with Crippen LogP contribution in [-0.4, -0.2) is 25.8 Å². The lowest BCUT2D eigenvalue weighted by Gasteiger charge is -1.99. The molecule has 0 aliphatic rings. The molecule has 0 atom stereocenters. The first-order valence-corrected chi connectivity index (χ1v) is 5.27. The van der Waals surface area contributed by atoms with E-state index < -0.39 is 5.97 Å². The Bertz CT molecular complexity index is 550. The second-order valence-corrected chi connectivity index (χ2v) is 3.70. The number of aliphatic carboxylic acids is 1. The fourth-order valence-electron chi connectivity index (χ4n) is 1.51. The number of hydrogen-bond acceptors (Lipinski definition) is 4. The second kappa shape index (κ2) is 4.05. The third kappa shape index (κ3) is 1.83. The zero-order valence-electron chi connectivity index (χ0n) is 8.29. The van der Waals surface area contributed by atoms with Crippen LogP contribution in [0.3, 0.4) is 0 Å². The number of carbonyl (C=O) groups is 1. The predicted molar refractivity (Wildman–Crippen MR) is 60.9 cm³/mol. The van der Waals surface area contributed by atoms with Gasteiger partial charge >= 0.3 is 5.97 Å². The van der Waals surface area contributed by atoms with Crippen molar-refractivity contribution in [1.82, 2.24) is 9.61 Å². The molecular formula is C10H10N2O3S. The lowest BCUT2D eigenvalue weighted by molar-refractivity contribution is -0.136. The summed E-state index contributed by atoms with van der Waals surface area (Å²) in [5, 5.41) is 22.6. The highest BCUT2D eigenvalue weighted by atomic mass is 32.1. The van der Waals surface area contributed by atoms with Gasteiger partial charge in [0.05, 0.1) is 17.6 Å². The molecule has 0 saturated carbocycles.